The summed E-state index contributed by atoms with van der Waals surface area (Å²) < 4.78 is 44.0. The van der Waals surface area contributed by atoms with Crippen LogP contribution in [-0.2, 0) is 35.0 Å². The first-order valence-corrected chi connectivity index (χ1v) is 11.1. The summed E-state index contributed by atoms with van der Waals surface area (Å²) >= 11 is 1.39. The highest BCUT2D eigenvalue weighted by molar-refractivity contribution is 7.12. The van der Waals surface area contributed by atoms with Gasteiger partial charge in [-0.15, -0.1) is 11.3 Å². The molecule has 166 valence electrons. The number of aliphatic carboxylic acids is 1. The summed E-state index contributed by atoms with van der Waals surface area (Å²) in [5.74, 6) is -2.97. The van der Waals surface area contributed by atoms with Crippen molar-refractivity contribution in [2.45, 2.75) is 70.4 Å². The Hall–Kier alpha value is -2.49. The molecule has 31 heavy (non-hydrogen) atoms. The molecule has 6 nitrogen and oxygen atoms in total. The normalized spacial score (nSPS) is 17.4. The molecular formula is C21H21F3N2O4S. The molecule has 0 spiro atoms. The molecule has 0 fully saturated rings. The second kappa shape index (κ2) is 8.57. The minimum absolute atomic E-state index is 0.0805. The number of ketones is 1. The maximum atomic E-state index is 13.0. The number of alkyl halides is 3. The zero-order valence-corrected chi connectivity index (χ0v) is 17.5. The fraction of sp³-hybridized carbons (Fsp3) is 0.524. The van der Waals surface area contributed by atoms with Crippen LogP contribution in [0.1, 0.15) is 66.1 Å². The van der Waals surface area contributed by atoms with Crippen LogP contribution in [0.4, 0.5) is 13.2 Å². The van der Waals surface area contributed by atoms with Crippen molar-refractivity contribution in [3.05, 3.63) is 32.3 Å². The molecule has 0 amide bonds. The van der Waals surface area contributed by atoms with Crippen molar-refractivity contribution < 1.29 is 32.4 Å². The van der Waals surface area contributed by atoms with Crippen LogP contribution < -0.4 is 0 Å². The van der Waals surface area contributed by atoms with E-state index in [4.69, 9.17) is 4.52 Å². The minimum atomic E-state index is -4.73. The van der Waals surface area contributed by atoms with Crippen LogP contribution in [-0.4, -0.2) is 27.0 Å². The third-order valence-electron chi connectivity index (χ3n) is 5.77. The Balaban J connectivity index is 1.75. The molecule has 0 radical (unpaired) electrons. The van der Waals surface area contributed by atoms with Gasteiger partial charge >= 0.3 is 12.1 Å². The number of fused-ring (bicyclic) bond motifs is 1. The second-order valence-electron chi connectivity index (χ2n) is 7.85. The molecule has 1 N–H and O–H groups in total. The van der Waals surface area contributed by atoms with Crippen molar-refractivity contribution in [1.29, 1.82) is 0 Å². The molecule has 10 heteroatoms. The van der Waals surface area contributed by atoms with Gasteiger partial charge in [-0.25, -0.2) is 4.79 Å². The fourth-order valence-electron chi connectivity index (χ4n) is 4.31. The molecule has 2 aromatic heterocycles. The van der Waals surface area contributed by atoms with Crippen LogP contribution >= 0.6 is 11.3 Å². The van der Waals surface area contributed by atoms with E-state index in [1.54, 1.807) is 0 Å². The average molecular weight is 454 g/mol. The molecule has 2 aliphatic rings. The minimum Gasteiger partial charge on any atom is -0.478 e. The van der Waals surface area contributed by atoms with Gasteiger partial charge in [0.05, 0.1) is 5.56 Å². The van der Waals surface area contributed by atoms with Gasteiger partial charge < -0.3 is 9.63 Å². The highest BCUT2D eigenvalue weighted by Gasteiger charge is 2.38. The predicted molar refractivity (Wildman–Crippen MR) is 106 cm³/mol. The van der Waals surface area contributed by atoms with Gasteiger partial charge in [0, 0.05) is 27.3 Å². The van der Waals surface area contributed by atoms with Gasteiger partial charge in [-0.1, -0.05) is 11.6 Å². The monoisotopic (exact) mass is 454 g/mol. The zero-order valence-electron chi connectivity index (χ0n) is 16.7. The molecule has 0 unspecified atom stereocenters. The Labute approximate surface area is 180 Å². The number of carbonyl (C=O) groups is 2. The predicted octanol–water partition coefficient (Wildman–Crippen LogP) is 5.15. The SMILES string of the molecule is O=C(O)C1=C(C(=O)Cc2sc3c(c2-c2nc(C(F)(F)F)no2)CCCCC3)CCCC1. The van der Waals surface area contributed by atoms with Crippen LogP contribution in [0.25, 0.3) is 11.5 Å². The average Bonchev–Trinajstić information content (AvgIpc) is 3.26. The van der Waals surface area contributed by atoms with Gasteiger partial charge in [-0.05, 0) is 56.9 Å². The van der Waals surface area contributed by atoms with Crippen LogP contribution in [0, 0.1) is 0 Å². The number of carbonyl (C=O) groups excluding carboxylic acids is 1. The number of aromatic nitrogens is 2. The highest BCUT2D eigenvalue weighted by Crippen LogP contribution is 2.41. The van der Waals surface area contributed by atoms with Crippen molar-refractivity contribution in [2.24, 2.45) is 0 Å². The molecule has 0 saturated heterocycles. The molecule has 2 aliphatic carbocycles. The molecular weight excluding hydrogens is 433 g/mol. The number of rotatable bonds is 5. The first-order valence-electron chi connectivity index (χ1n) is 10.3. The molecule has 2 heterocycles. The lowest BCUT2D eigenvalue weighted by Crippen LogP contribution is -2.17. The van der Waals surface area contributed by atoms with Gasteiger partial charge in [-0.2, -0.15) is 18.2 Å². The molecule has 2 aromatic rings. The van der Waals surface area contributed by atoms with E-state index in [-0.39, 0.29) is 23.7 Å². The second-order valence-corrected chi connectivity index (χ2v) is 9.04. The summed E-state index contributed by atoms with van der Waals surface area (Å²) in [6.07, 6.45) is 1.72. The van der Waals surface area contributed by atoms with Crippen molar-refractivity contribution in [2.75, 3.05) is 0 Å². The van der Waals surface area contributed by atoms with E-state index < -0.39 is 18.0 Å². The summed E-state index contributed by atoms with van der Waals surface area (Å²) in [7, 11) is 0. The molecule has 0 aliphatic heterocycles. The summed E-state index contributed by atoms with van der Waals surface area (Å²) in [6, 6.07) is 0. The van der Waals surface area contributed by atoms with Crippen LogP contribution in [0.3, 0.4) is 0 Å². The number of halogens is 3. The Bertz CT molecular complexity index is 1050. The topological polar surface area (TPSA) is 93.3 Å². The van der Waals surface area contributed by atoms with Crippen molar-refractivity contribution >= 4 is 23.1 Å². The number of Topliss-reactive ketones (excluding diaryl/α,β-unsaturated/α-hetero) is 1. The third-order valence-corrected chi connectivity index (χ3v) is 7.06. The number of nitrogens with zero attached hydrogens (tertiary/aromatic N) is 2. The largest absolute Gasteiger partial charge is 0.478 e. The number of carboxylic acid groups (broad SMARTS) is 1. The third kappa shape index (κ3) is 4.44. The van der Waals surface area contributed by atoms with Gasteiger partial charge in [0.15, 0.2) is 5.78 Å². The maximum Gasteiger partial charge on any atom is 0.455 e. The van der Waals surface area contributed by atoms with E-state index in [0.717, 1.165) is 49.0 Å². The van der Waals surface area contributed by atoms with Crippen molar-refractivity contribution in [1.82, 2.24) is 10.1 Å². The molecule has 0 saturated carbocycles. The molecule has 0 bridgehead atoms. The number of aryl methyl sites for hydroxylation is 1. The number of thiophene rings is 1. The molecule has 4 rings (SSSR count). The van der Waals surface area contributed by atoms with Gasteiger partial charge in [0.2, 0.25) is 0 Å². The van der Waals surface area contributed by atoms with Gasteiger partial charge in [0.25, 0.3) is 11.7 Å². The standard InChI is InChI=1S/C21H21F3N2O4S/c22-21(23,24)20-25-18(30-26-20)17-13-8-2-1-3-9-15(13)31-16(17)10-14(27)11-6-4-5-7-12(11)19(28)29/h1-10H2,(H,28,29). The first-order chi connectivity index (χ1) is 14.8. The molecule has 0 aromatic carbocycles. The van der Waals surface area contributed by atoms with Crippen LogP contribution in [0.2, 0.25) is 0 Å². The lowest BCUT2D eigenvalue weighted by atomic mass is 9.87. The highest BCUT2D eigenvalue weighted by atomic mass is 32.1. The van der Waals surface area contributed by atoms with E-state index in [9.17, 15) is 27.9 Å². The van der Waals surface area contributed by atoms with Gasteiger partial charge in [-0.3, -0.25) is 4.79 Å². The van der Waals surface area contributed by atoms with E-state index in [2.05, 4.69) is 10.1 Å². The summed E-state index contributed by atoms with van der Waals surface area (Å²) in [5.41, 5.74) is 1.76. The van der Waals surface area contributed by atoms with E-state index >= 15 is 0 Å². The van der Waals surface area contributed by atoms with E-state index in [1.165, 1.54) is 11.3 Å². The van der Waals surface area contributed by atoms with Crippen molar-refractivity contribution in [3.8, 4) is 11.5 Å². The van der Waals surface area contributed by atoms with Crippen LogP contribution in [0.15, 0.2) is 15.7 Å². The Morgan fingerprint density at radius 1 is 1.00 bits per heavy atom. The van der Waals surface area contributed by atoms with Crippen molar-refractivity contribution in [3.63, 3.8) is 0 Å². The summed E-state index contributed by atoms with van der Waals surface area (Å²) in [5, 5.41) is 12.5. The molecule has 0 atom stereocenters. The maximum absolute atomic E-state index is 13.0. The summed E-state index contributed by atoms with van der Waals surface area (Å²) in [6.45, 7) is 0. The zero-order chi connectivity index (χ0) is 22.2. The number of carboxylic acids is 1. The Morgan fingerprint density at radius 2 is 1.68 bits per heavy atom. The van der Waals surface area contributed by atoms with E-state index in [1.807, 2.05) is 0 Å². The number of allylic oxidation sites excluding steroid dienone is 1. The van der Waals surface area contributed by atoms with E-state index in [0.29, 0.717) is 35.3 Å². The van der Waals surface area contributed by atoms with Crippen LogP contribution in [0.5, 0.6) is 0 Å². The smallest absolute Gasteiger partial charge is 0.455 e. The number of hydrogen-bond acceptors (Lipinski definition) is 6. The number of hydrogen-bond donors (Lipinski definition) is 1. The lowest BCUT2D eigenvalue weighted by molar-refractivity contribution is -0.146. The lowest BCUT2D eigenvalue weighted by Gasteiger charge is -2.16. The van der Waals surface area contributed by atoms with Gasteiger partial charge in [0.1, 0.15) is 0 Å². The Kier molecular flexibility index (Phi) is 6.00. The first kappa shape index (κ1) is 21.7. The summed E-state index contributed by atoms with van der Waals surface area (Å²) in [4.78, 5) is 29.8. The Morgan fingerprint density at radius 3 is 2.35 bits per heavy atom. The fourth-order valence-corrected chi connectivity index (χ4v) is 5.70. The quantitative estimate of drug-likeness (QED) is 0.628.